The van der Waals surface area contributed by atoms with E-state index < -0.39 is 12.1 Å². The third-order valence-electron chi connectivity index (χ3n) is 6.79. The monoisotopic (exact) mass is 464 g/mol. The van der Waals surface area contributed by atoms with E-state index in [0.29, 0.717) is 32.4 Å². The Labute approximate surface area is 200 Å². The zero-order valence-electron chi connectivity index (χ0n) is 19.4. The molecule has 1 fully saturated rings. The molecule has 1 heterocycles. The number of rotatable bonds is 9. The van der Waals surface area contributed by atoms with Gasteiger partial charge in [-0.2, -0.15) is 0 Å². The first-order valence-electron chi connectivity index (χ1n) is 12.1. The van der Waals surface area contributed by atoms with Crippen molar-refractivity contribution in [3.8, 4) is 11.1 Å². The Bertz CT molecular complexity index is 992. The molecule has 2 aliphatic rings. The number of fused-ring (bicyclic) bond motifs is 3. The molecule has 0 spiro atoms. The molecule has 1 aliphatic heterocycles. The van der Waals surface area contributed by atoms with E-state index in [-0.39, 0.29) is 30.9 Å². The average Bonchev–Trinajstić information content (AvgIpc) is 3.16. The SMILES string of the molecule is O=C(O)CC1CCCCN1C(=O)CCCCNC(=O)OCC1c2ccccc2-c2ccccc21. The summed E-state index contributed by atoms with van der Waals surface area (Å²) in [5.74, 6) is -0.830. The molecule has 34 heavy (non-hydrogen) atoms. The summed E-state index contributed by atoms with van der Waals surface area (Å²) in [6.07, 6.45) is 3.85. The number of nitrogens with zero attached hydrogens (tertiary/aromatic N) is 1. The molecule has 0 bridgehead atoms. The van der Waals surface area contributed by atoms with Crippen LogP contribution < -0.4 is 5.32 Å². The molecule has 2 amide bonds. The van der Waals surface area contributed by atoms with Gasteiger partial charge >= 0.3 is 12.1 Å². The molecule has 2 aromatic rings. The third-order valence-corrected chi connectivity index (χ3v) is 6.79. The summed E-state index contributed by atoms with van der Waals surface area (Å²) in [7, 11) is 0. The lowest BCUT2D eigenvalue weighted by Gasteiger charge is -2.35. The average molecular weight is 465 g/mol. The molecule has 2 N–H and O–H groups in total. The lowest BCUT2D eigenvalue weighted by Crippen LogP contribution is -2.44. The quantitative estimate of drug-likeness (QED) is 0.531. The van der Waals surface area contributed by atoms with E-state index in [2.05, 4.69) is 29.6 Å². The standard InChI is InChI=1S/C27H32N2O5/c30-25(29-16-8-6-9-19(29)17-26(31)32)14-5-7-15-28-27(33)34-18-24-22-12-3-1-10-20(22)21-11-2-4-13-23(21)24/h1-4,10-13,19,24H,5-9,14-18H2,(H,28,33)(H,31,32). The van der Waals surface area contributed by atoms with Gasteiger partial charge in [-0.15, -0.1) is 0 Å². The van der Waals surface area contributed by atoms with Gasteiger partial charge in [0.15, 0.2) is 0 Å². The number of ether oxygens (including phenoxy) is 1. The molecule has 7 nitrogen and oxygen atoms in total. The van der Waals surface area contributed by atoms with Gasteiger partial charge < -0.3 is 20.1 Å². The van der Waals surface area contributed by atoms with E-state index in [9.17, 15) is 14.4 Å². The number of carbonyl (C=O) groups excluding carboxylic acids is 2. The smallest absolute Gasteiger partial charge is 0.407 e. The maximum atomic E-state index is 12.6. The summed E-state index contributed by atoms with van der Waals surface area (Å²) in [6, 6.07) is 16.2. The molecule has 0 radical (unpaired) electrons. The maximum Gasteiger partial charge on any atom is 0.407 e. The first-order valence-corrected chi connectivity index (χ1v) is 12.1. The fourth-order valence-corrected chi connectivity index (χ4v) is 5.13. The number of carbonyl (C=O) groups is 3. The van der Waals surface area contributed by atoms with Crippen LogP contribution in [0.2, 0.25) is 0 Å². The highest BCUT2D eigenvalue weighted by Crippen LogP contribution is 2.44. The molecule has 4 rings (SSSR count). The van der Waals surface area contributed by atoms with Crippen molar-refractivity contribution in [1.82, 2.24) is 10.2 Å². The van der Waals surface area contributed by atoms with Gasteiger partial charge in [0.05, 0.1) is 6.42 Å². The molecule has 1 saturated heterocycles. The molecule has 0 saturated carbocycles. The van der Waals surface area contributed by atoms with Gasteiger partial charge in [0.25, 0.3) is 0 Å². The molecule has 1 unspecified atom stereocenters. The Balaban J connectivity index is 1.18. The van der Waals surface area contributed by atoms with Crippen molar-refractivity contribution in [2.24, 2.45) is 0 Å². The van der Waals surface area contributed by atoms with Crippen molar-refractivity contribution >= 4 is 18.0 Å². The maximum absolute atomic E-state index is 12.6. The van der Waals surface area contributed by atoms with Crippen LogP contribution >= 0.6 is 0 Å². The van der Waals surface area contributed by atoms with Gasteiger partial charge in [-0.25, -0.2) is 4.79 Å². The van der Waals surface area contributed by atoms with Crippen molar-refractivity contribution in [3.05, 3.63) is 59.7 Å². The summed E-state index contributed by atoms with van der Waals surface area (Å²) in [6.45, 7) is 1.34. The van der Waals surface area contributed by atoms with Crippen LogP contribution in [0.15, 0.2) is 48.5 Å². The van der Waals surface area contributed by atoms with Crippen molar-refractivity contribution in [2.75, 3.05) is 19.7 Å². The number of hydrogen-bond acceptors (Lipinski definition) is 4. The highest BCUT2D eigenvalue weighted by Gasteiger charge is 2.29. The lowest BCUT2D eigenvalue weighted by atomic mass is 9.98. The fraction of sp³-hybridized carbons (Fsp3) is 0.444. The first-order chi connectivity index (χ1) is 16.5. The van der Waals surface area contributed by atoms with Gasteiger partial charge in [-0.05, 0) is 54.4 Å². The van der Waals surface area contributed by atoms with Gasteiger partial charge in [-0.3, -0.25) is 9.59 Å². The van der Waals surface area contributed by atoms with Crippen molar-refractivity contribution in [3.63, 3.8) is 0 Å². The van der Waals surface area contributed by atoms with Crippen LogP contribution in [0, 0.1) is 0 Å². The number of carboxylic acid groups (broad SMARTS) is 1. The lowest BCUT2D eigenvalue weighted by molar-refractivity contribution is -0.142. The fourth-order valence-electron chi connectivity index (χ4n) is 5.13. The third kappa shape index (κ3) is 5.58. The Morgan fingerprint density at radius 3 is 2.32 bits per heavy atom. The molecular weight excluding hydrogens is 432 g/mol. The number of benzene rings is 2. The van der Waals surface area contributed by atoms with Crippen LogP contribution in [-0.2, 0) is 14.3 Å². The summed E-state index contributed by atoms with van der Waals surface area (Å²) < 4.78 is 5.53. The van der Waals surface area contributed by atoms with E-state index >= 15 is 0 Å². The molecule has 7 heteroatoms. The highest BCUT2D eigenvalue weighted by atomic mass is 16.5. The van der Waals surface area contributed by atoms with Crippen LogP contribution in [0.5, 0.6) is 0 Å². The van der Waals surface area contributed by atoms with E-state index in [0.717, 1.165) is 19.3 Å². The first kappa shape index (κ1) is 23.8. The van der Waals surface area contributed by atoms with Crippen LogP contribution in [-0.4, -0.2) is 53.7 Å². The highest BCUT2D eigenvalue weighted by molar-refractivity contribution is 5.79. The Morgan fingerprint density at radius 2 is 1.65 bits per heavy atom. The van der Waals surface area contributed by atoms with Crippen molar-refractivity contribution in [2.45, 2.75) is 56.9 Å². The van der Waals surface area contributed by atoms with E-state index in [1.807, 2.05) is 24.3 Å². The predicted octanol–water partition coefficient (Wildman–Crippen LogP) is 4.55. The molecule has 0 aromatic heterocycles. The molecular formula is C27H32N2O5. The van der Waals surface area contributed by atoms with Crippen LogP contribution in [0.1, 0.15) is 62.0 Å². The molecule has 1 atom stereocenters. The van der Waals surface area contributed by atoms with Crippen LogP contribution in [0.4, 0.5) is 4.79 Å². The molecule has 2 aromatic carbocycles. The van der Waals surface area contributed by atoms with Gasteiger partial charge in [-0.1, -0.05) is 48.5 Å². The summed E-state index contributed by atoms with van der Waals surface area (Å²) in [5.41, 5.74) is 4.73. The number of carboxylic acids is 1. The largest absolute Gasteiger partial charge is 0.481 e. The normalized spacial score (nSPS) is 17.1. The molecule has 180 valence electrons. The zero-order chi connectivity index (χ0) is 23.9. The Kier molecular flexibility index (Phi) is 7.83. The van der Waals surface area contributed by atoms with Gasteiger partial charge in [0, 0.05) is 31.5 Å². The number of amides is 2. The van der Waals surface area contributed by atoms with E-state index in [1.54, 1.807) is 4.90 Å². The van der Waals surface area contributed by atoms with Gasteiger partial charge in [0.1, 0.15) is 6.61 Å². The minimum Gasteiger partial charge on any atom is -0.481 e. The van der Waals surface area contributed by atoms with Crippen molar-refractivity contribution < 1.29 is 24.2 Å². The number of hydrogen-bond donors (Lipinski definition) is 2. The zero-order valence-corrected chi connectivity index (χ0v) is 19.4. The van der Waals surface area contributed by atoms with Crippen molar-refractivity contribution in [1.29, 1.82) is 0 Å². The summed E-state index contributed by atoms with van der Waals surface area (Å²) in [5, 5.41) is 11.9. The number of unbranched alkanes of at least 4 members (excludes halogenated alkanes) is 1. The van der Waals surface area contributed by atoms with E-state index in [4.69, 9.17) is 9.84 Å². The van der Waals surface area contributed by atoms with Crippen LogP contribution in [0.25, 0.3) is 11.1 Å². The minimum absolute atomic E-state index is 0.00657. The topological polar surface area (TPSA) is 95.9 Å². The number of likely N-dealkylation sites (tertiary alicyclic amines) is 1. The minimum atomic E-state index is -0.864. The number of piperidine rings is 1. The second-order valence-electron chi connectivity index (χ2n) is 9.04. The van der Waals surface area contributed by atoms with E-state index in [1.165, 1.54) is 22.3 Å². The Morgan fingerprint density at radius 1 is 0.971 bits per heavy atom. The molecule has 1 aliphatic carbocycles. The number of alkyl carbamates (subject to hydrolysis) is 1. The predicted molar refractivity (Wildman–Crippen MR) is 129 cm³/mol. The second kappa shape index (κ2) is 11.2. The van der Waals surface area contributed by atoms with Crippen LogP contribution in [0.3, 0.4) is 0 Å². The summed E-state index contributed by atoms with van der Waals surface area (Å²) in [4.78, 5) is 37.6. The number of nitrogens with one attached hydrogen (secondary N) is 1. The second-order valence-corrected chi connectivity index (χ2v) is 9.04. The number of aliphatic carboxylic acids is 1. The Hall–Kier alpha value is -3.35. The van der Waals surface area contributed by atoms with Gasteiger partial charge in [0.2, 0.25) is 5.91 Å². The summed E-state index contributed by atoms with van der Waals surface area (Å²) >= 11 is 0.